The summed E-state index contributed by atoms with van der Waals surface area (Å²) in [5, 5.41) is 8.70. The zero-order chi connectivity index (χ0) is 15.2. The minimum Gasteiger partial charge on any atom is -0.489 e. The van der Waals surface area contributed by atoms with E-state index in [9.17, 15) is 4.39 Å². The van der Waals surface area contributed by atoms with Crippen molar-refractivity contribution in [1.82, 2.24) is 0 Å². The second kappa shape index (κ2) is 6.92. The zero-order valence-corrected chi connectivity index (χ0v) is 12.1. The van der Waals surface area contributed by atoms with E-state index in [1.54, 1.807) is 6.07 Å². The molecule has 2 nitrogen and oxygen atoms in total. The van der Waals surface area contributed by atoms with Crippen LogP contribution in [-0.2, 0) is 6.61 Å². The van der Waals surface area contributed by atoms with Crippen LogP contribution in [0.3, 0.4) is 0 Å². The number of aliphatic hydroxyl groups excluding tert-OH is 1. The largest absolute Gasteiger partial charge is 0.489 e. The number of halogens is 1. The lowest BCUT2D eigenvalue weighted by molar-refractivity contribution is 0.305. The summed E-state index contributed by atoms with van der Waals surface area (Å²) < 4.78 is 18.8. The van der Waals surface area contributed by atoms with E-state index in [-0.39, 0.29) is 12.4 Å². The Balaban J connectivity index is 2.08. The summed E-state index contributed by atoms with van der Waals surface area (Å²) in [4.78, 5) is 0. The molecule has 0 saturated carbocycles. The summed E-state index contributed by atoms with van der Waals surface area (Å²) in [5.41, 5.74) is 3.69. The van der Waals surface area contributed by atoms with Crippen molar-refractivity contribution >= 4 is 0 Å². The van der Waals surface area contributed by atoms with E-state index in [1.807, 2.05) is 32.0 Å². The summed E-state index contributed by atoms with van der Waals surface area (Å²) in [5.74, 6) is 6.01. The van der Waals surface area contributed by atoms with E-state index in [1.165, 1.54) is 12.1 Å². The SMILES string of the molecule is Cc1cc(OCc2ccc(F)cc2C)ccc1C#CCO. The predicted octanol–water partition coefficient (Wildman–Crippen LogP) is 3.37. The zero-order valence-electron chi connectivity index (χ0n) is 12.1. The molecule has 108 valence electrons. The summed E-state index contributed by atoms with van der Waals surface area (Å²) in [6, 6.07) is 10.3. The quantitative estimate of drug-likeness (QED) is 0.876. The van der Waals surface area contributed by atoms with Gasteiger partial charge < -0.3 is 9.84 Å². The van der Waals surface area contributed by atoms with Crippen molar-refractivity contribution in [2.24, 2.45) is 0 Å². The normalized spacial score (nSPS) is 9.90. The van der Waals surface area contributed by atoms with Gasteiger partial charge in [0, 0.05) is 5.56 Å². The highest BCUT2D eigenvalue weighted by Crippen LogP contribution is 2.19. The molecule has 1 N–H and O–H groups in total. The van der Waals surface area contributed by atoms with E-state index in [0.717, 1.165) is 28.0 Å². The first-order valence-corrected chi connectivity index (χ1v) is 6.68. The van der Waals surface area contributed by atoms with Crippen molar-refractivity contribution in [3.8, 4) is 17.6 Å². The van der Waals surface area contributed by atoms with Gasteiger partial charge in [-0.1, -0.05) is 17.9 Å². The number of hydrogen-bond donors (Lipinski definition) is 1. The molecular weight excluding hydrogens is 267 g/mol. The van der Waals surface area contributed by atoms with Gasteiger partial charge in [-0.05, 0) is 60.9 Å². The summed E-state index contributed by atoms with van der Waals surface area (Å²) in [6.07, 6.45) is 0. The number of ether oxygens (including phenoxy) is 1. The van der Waals surface area contributed by atoms with Crippen LogP contribution in [0.4, 0.5) is 4.39 Å². The molecule has 0 spiro atoms. The minimum atomic E-state index is -0.237. The van der Waals surface area contributed by atoms with Gasteiger partial charge in [-0.3, -0.25) is 0 Å². The number of aliphatic hydroxyl groups is 1. The lowest BCUT2D eigenvalue weighted by atomic mass is 10.1. The third kappa shape index (κ3) is 4.08. The Labute approximate surface area is 124 Å². The number of aryl methyl sites for hydroxylation is 2. The summed E-state index contributed by atoms with van der Waals surface area (Å²) in [6.45, 7) is 4.05. The first-order chi connectivity index (χ1) is 10.1. The van der Waals surface area contributed by atoms with Crippen LogP contribution in [0.25, 0.3) is 0 Å². The molecule has 0 unspecified atom stereocenters. The molecule has 0 fully saturated rings. The van der Waals surface area contributed by atoms with Crippen molar-refractivity contribution in [3.05, 3.63) is 64.5 Å². The van der Waals surface area contributed by atoms with Crippen LogP contribution in [0.5, 0.6) is 5.75 Å². The molecule has 2 aromatic carbocycles. The third-order valence-corrected chi connectivity index (χ3v) is 3.20. The highest BCUT2D eigenvalue weighted by molar-refractivity contribution is 5.44. The fraction of sp³-hybridized carbons (Fsp3) is 0.222. The second-order valence-electron chi connectivity index (χ2n) is 4.80. The second-order valence-corrected chi connectivity index (χ2v) is 4.80. The molecule has 3 heteroatoms. The number of hydrogen-bond acceptors (Lipinski definition) is 2. The Morgan fingerprint density at radius 1 is 1.10 bits per heavy atom. The molecule has 0 radical (unpaired) electrons. The van der Waals surface area contributed by atoms with Crippen molar-refractivity contribution in [1.29, 1.82) is 0 Å². The van der Waals surface area contributed by atoms with Gasteiger partial charge >= 0.3 is 0 Å². The molecule has 21 heavy (non-hydrogen) atoms. The van der Waals surface area contributed by atoms with Crippen molar-refractivity contribution in [2.45, 2.75) is 20.5 Å². The highest BCUT2D eigenvalue weighted by atomic mass is 19.1. The lowest BCUT2D eigenvalue weighted by Gasteiger charge is -2.10. The van der Waals surface area contributed by atoms with E-state index in [4.69, 9.17) is 9.84 Å². The van der Waals surface area contributed by atoms with E-state index < -0.39 is 0 Å². The van der Waals surface area contributed by atoms with Crippen LogP contribution in [0.1, 0.15) is 22.3 Å². The molecule has 2 rings (SSSR count). The van der Waals surface area contributed by atoms with Crippen LogP contribution in [0.15, 0.2) is 36.4 Å². The summed E-state index contributed by atoms with van der Waals surface area (Å²) >= 11 is 0. The lowest BCUT2D eigenvalue weighted by Crippen LogP contribution is -1.99. The molecule has 0 heterocycles. The molecule has 2 aromatic rings. The van der Waals surface area contributed by atoms with Gasteiger partial charge in [-0.25, -0.2) is 4.39 Å². The molecule has 0 saturated heterocycles. The Kier molecular flexibility index (Phi) is 4.97. The van der Waals surface area contributed by atoms with Gasteiger partial charge in [0.05, 0.1) is 0 Å². The smallest absolute Gasteiger partial charge is 0.123 e. The van der Waals surface area contributed by atoms with Gasteiger partial charge in [0.1, 0.15) is 24.8 Å². The van der Waals surface area contributed by atoms with Gasteiger partial charge in [-0.15, -0.1) is 0 Å². The van der Waals surface area contributed by atoms with Crippen molar-refractivity contribution < 1.29 is 14.2 Å². The Hall–Kier alpha value is -2.31. The molecule has 0 bridgehead atoms. The Morgan fingerprint density at radius 3 is 2.57 bits per heavy atom. The van der Waals surface area contributed by atoms with E-state index in [2.05, 4.69) is 11.8 Å². The Bertz CT molecular complexity index is 696. The van der Waals surface area contributed by atoms with E-state index in [0.29, 0.717) is 6.61 Å². The fourth-order valence-corrected chi connectivity index (χ4v) is 1.98. The Morgan fingerprint density at radius 2 is 1.90 bits per heavy atom. The standard InChI is InChI=1S/C18H17FO2/c1-13-10-17(19)7-5-16(13)12-21-18-8-6-15(4-3-9-20)14(2)11-18/h5-8,10-11,20H,9,12H2,1-2H3. The average molecular weight is 284 g/mol. The van der Waals surface area contributed by atoms with Crippen molar-refractivity contribution in [2.75, 3.05) is 6.61 Å². The summed E-state index contributed by atoms with van der Waals surface area (Å²) in [7, 11) is 0. The van der Waals surface area contributed by atoms with Crippen LogP contribution < -0.4 is 4.74 Å². The topological polar surface area (TPSA) is 29.5 Å². The fourth-order valence-electron chi connectivity index (χ4n) is 1.98. The van der Waals surface area contributed by atoms with Gasteiger partial charge in [0.25, 0.3) is 0 Å². The molecular formula is C18H17FO2. The van der Waals surface area contributed by atoms with Gasteiger partial charge in [-0.2, -0.15) is 0 Å². The average Bonchev–Trinajstić information content (AvgIpc) is 2.45. The van der Waals surface area contributed by atoms with E-state index >= 15 is 0 Å². The molecule has 0 amide bonds. The highest BCUT2D eigenvalue weighted by Gasteiger charge is 2.03. The first kappa shape index (κ1) is 15.1. The van der Waals surface area contributed by atoms with Crippen LogP contribution >= 0.6 is 0 Å². The maximum atomic E-state index is 13.0. The number of rotatable bonds is 3. The molecule has 0 aliphatic heterocycles. The minimum absolute atomic E-state index is 0.151. The molecule has 0 atom stereocenters. The maximum Gasteiger partial charge on any atom is 0.123 e. The predicted molar refractivity (Wildman–Crippen MR) is 80.6 cm³/mol. The maximum absolute atomic E-state index is 13.0. The first-order valence-electron chi connectivity index (χ1n) is 6.68. The van der Waals surface area contributed by atoms with Crippen LogP contribution in [-0.4, -0.2) is 11.7 Å². The number of benzene rings is 2. The van der Waals surface area contributed by atoms with Gasteiger partial charge in [0.2, 0.25) is 0 Å². The van der Waals surface area contributed by atoms with Crippen LogP contribution in [0, 0.1) is 31.5 Å². The molecule has 0 aliphatic rings. The monoisotopic (exact) mass is 284 g/mol. The third-order valence-electron chi connectivity index (χ3n) is 3.20. The van der Waals surface area contributed by atoms with Gasteiger partial charge in [0.15, 0.2) is 0 Å². The van der Waals surface area contributed by atoms with Crippen LogP contribution in [0.2, 0.25) is 0 Å². The molecule has 0 aromatic heterocycles. The van der Waals surface area contributed by atoms with Crippen molar-refractivity contribution in [3.63, 3.8) is 0 Å². The molecule has 0 aliphatic carbocycles.